The van der Waals surface area contributed by atoms with Crippen LogP contribution < -0.4 is 5.32 Å². The van der Waals surface area contributed by atoms with E-state index in [1.165, 1.54) is 0 Å². The molecule has 2 aromatic rings. The van der Waals surface area contributed by atoms with Gasteiger partial charge in [-0.25, -0.2) is 0 Å². The number of nitrogens with zero attached hydrogens (tertiary/aromatic N) is 1. The molecule has 2 rings (SSSR count). The lowest BCUT2D eigenvalue weighted by Gasteiger charge is -2.12. The lowest BCUT2D eigenvalue weighted by atomic mass is 9.99. The molecule has 1 atom stereocenters. The fraction of sp³-hybridized carbons (Fsp3) is 0.125. The van der Waals surface area contributed by atoms with Crippen molar-refractivity contribution in [2.75, 3.05) is 5.32 Å². The van der Waals surface area contributed by atoms with E-state index >= 15 is 0 Å². The van der Waals surface area contributed by atoms with Gasteiger partial charge in [0.15, 0.2) is 5.92 Å². The first kappa shape index (κ1) is 14.3. The van der Waals surface area contributed by atoms with E-state index in [4.69, 9.17) is 0 Å². The SMILES string of the molecule is Cc1cc(Br)ccc1NC(=O)C(C#N)c1ccccc1. The van der Waals surface area contributed by atoms with Crippen molar-refractivity contribution in [1.82, 2.24) is 0 Å². The van der Waals surface area contributed by atoms with Crippen molar-refractivity contribution in [1.29, 1.82) is 5.26 Å². The van der Waals surface area contributed by atoms with Gasteiger partial charge in [-0.05, 0) is 36.2 Å². The number of amides is 1. The van der Waals surface area contributed by atoms with Crippen LogP contribution in [0.4, 0.5) is 5.69 Å². The number of aryl methyl sites for hydroxylation is 1. The number of rotatable bonds is 3. The standard InChI is InChI=1S/C16H13BrN2O/c1-11-9-13(17)7-8-15(11)19-16(20)14(10-18)12-5-3-2-4-6-12/h2-9,14H,1H3,(H,19,20). The highest BCUT2D eigenvalue weighted by Gasteiger charge is 2.20. The number of anilines is 1. The van der Waals surface area contributed by atoms with Crippen molar-refractivity contribution >= 4 is 27.5 Å². The highest BCUT2D eigenvalue weighted by atomic mass is 79.9. The lowest BCUT2D eigenvalue weighted by molar-refractivity contribution is -0.116. The summed E-state index contributed by atoms with van der Waals surface area (Å²) in [6.45, 7) is 1.91. The molecule has 0 aliphatic carbocycles. The Morgan fingerprint density at radius 1 is 1.25 bits per heavy atom. The molecule has 0 saturated carbocycles. The Labute approximate surface area is 126 Å². The number of hydrogen-bond acceptors (Lipinski definition) is 2. The normalized spacial score (nSPS) is 11.4. The van der Waals surface area contributed by atoms with Crippen molar-refractivity contribution in [3.05, 3.63) is 64.1 Å². The van der Waals surface area contributed by atoms with Crippen LogP contribution in [0.25, 0.3) is 0 Å². The number of halogens is 1. The molecule has 1 N–H and O–H groups in total. The fourth-order valence-corrected chi connectivity index (χ4v) is 2.38. The predicted molar refractivity (Wildman–Crippen MR) is 82.3 cm³/mol. The number of hydrogen-bond donors (Lipinski definition) is 1. The molecule has 0 aliphatic rings. The van der Waals surface area contributed by atoms with E-state index in [2.05, 4.69) is 21.2 Å². The molecule has 100 valence electrons. The van der Waals surface area contributed by atoms with Crippen LogP contribution in [0, 0.1) is 18.3 Å². The van der Waals surface area contributed by atoms with E-state index in [1.54, 1.807) is 12.1 Å². The Morgan fingerprint density at radius 3 is 2.55 bits per heavy atom. The molecule has 0 heterocycles. The van der Waals surface area contributed by atoms with Gasteiger partial charge in [-0.1, -0.05) is 46.3 Å². The Hall–Kier alpha value is -2.12. The Morgan fingerprint density at radius 2 is 1.95 bits per heavy atom. The van der Waals surface area contributed by atoms with E-state index in [9.17, 15) is 10.1 Å². The quantitative estimate of drug-likeness (QED) is 0.925. The molecule has 0 bridgehead atoms. The second kappa shape index (κ2) is 6.36. The van der Waals surface area contributed by atoms with Gasteiger partial charge in [-0.3, -0.25) is 4.79 Å². The summed E-state index contributed by atoms with van der Waals surface area (Å²) in [5.74, 6) is -1.12. The summed E-state index contributed by atoms with van der Waals surface area (Å²) in [5, 5.41) is 12.0. The second-order valence-electron chi connectivity index (χ2n) is 4.42. The molecule has 2 aromatic carbocycles. The maximum atomic E-state index is 12.2. The van der Waals surface area contributed by atoms with E-state index < -0.39 is 5.92 Å². The first-order valence-electron chi connectivity index (χ1n) is 6.13. The fourth-order valence-electron chi connectivity index (χ4n) is 1.90. The number of carbonyl (C=O) groups is 1. The second-order valence-corrected chi connectivity index (χ2v) is 5.34. The average Bonchev–Trinajstić information content (AvgIpc) is 2.44. The Balaban J connectivity index is 2.21. The topological polar surface area (TPSA) is 52.9 Å². The minimum absolute atomic E-state index is 0.316. The highest BCUT2D eigenvalue weighted by molar-refractivity contribution is 9.10. The maximum absolute atomic E-state index is 12.2. The van der Waals surface area contributed by atoms with Crippen LogP contribution in [0.2, 0.25) is 0 Å². The zero-order chi connectivity index (χ0) is 14.5. The molecule has 0 radical (unpaired) electrons. The summed E-state index contributed by atoms with van der Waals surface area (Å²) in [7, 11) is 0. The first-order valence-corrected chi connectivity index (χ1v) is 6.92. The number of nitrogens with one attached hydrogen (secondary N) is 1. The first-order chi connectivity index (χ1) is 9.61. The smallest absolute Gasteiger partial charge is 0.246 e. The molecule has 0 saturated heterocycles. The van der Waals surface area contributed by atoms with Crippen LogP contribution in [0.5, 0.6) is 0 Å². The molecular weight excluding hydrogens is 316 g/mol. The van der Waals surface area contributed by atoms with Gasteiger partial charge in [0.05, 0.1) is 6.07 Å². The van der Waals surface area contributed by atoms with Crippen LogP contribution in [0.3, 0.4) is 0 Å². The van der Waals surface area contributed by atoms with Gasteiger partial charge >= 0.3 is 0 Å². The van der Waals surface area contributed by atoms with Crippen molar-refractivity contribution in [3.63, 3.8) is 0 Å². The molecule has 0 aliphatic heterocycles. The van der Waals surface area contributed by atoms with Crippen molar-refractivity contribution < 1.29 is 4.79 Å². The van der Waals surface area contributed by atoms with Gasteiger partial charge in [0.1, 0.15) is 0 Å². The van der Waals surface area contributed by atoms with Gasteiger partial charge in [0.2, 0.25) is 5.91 Å². The molecule has 0 aromatic heterocycles. The average molecular weight is 329 g/mol. The van der Waals surface area contributed by atoms with Crippen molar-refractivity contribution in [2.45, 2.75) is 12.8 Å². The number of carbonyl (C=O) groups excluding carboxylic acids is 1. The van der Waals surface area contributed by atoms with E-state index in [1.807, 2.05) is 49.4 Å². The summed E-state index contributed by atoms with van der Waals surface area (Å²) in [6, 6.07) is 16.7. The highest BCUT2D eigenvalue weighted by Crippen LogP contribution is 2.22. The van der Waals surface area contributed by atoms with Crippen LogP contribution in [-0.4, -0.2) is 5.91 Å². The van der Waals surface area contributed by atoms with Gasteiger partial charge in [0.25, 0.3) is 0 Å². The van der Waals surface area contributed by atoms with Crippen molar-refractivity contribution in [2.24, 2.45) is 0 Å². The number of nitriles is 1. The maximum Gasteiger partial charge on any atom is 0.246 e. The molecule has 0 fully saturated rings. The molecule has 3 nitrogen and oxygen atoms in total. The molecule has 0 spiro atoms. The minimum Gasteiger partial charge on any atom is -0.324 e. The van der Waals surface area contributed by atoms with Gasteiger partial charge in [-0.2, -0.15) is 5.26 Å². The van der Waals surface area contributed by atoms with Crippen LogP contribution in [0.15, 0.2) is 53.0 Å². The van der Waals surface area contributed by atoms with Gasteiger partial charge in [-0.15, -0.1) is 0 Å². The largest absolute Gasteiger partial charge is 0.324 e. The number of benzene rings is 2. The predicted octanol–water partition coefficient (Wildman–Crippen LogP) is 4.00. The molecule has 20 heavy (non-hydrogen) atoms. The van der Waals surface area contributed by atoms with Crippen LogP contribution in [0.1, 0.15) is 17.0 Å². The summed E-state index contributed by atoms with van der Waals surface area (Å²) < 4.78 is 0.952. The third-order valence-electron chi connectivity index (χ3n) is 2.97. The summed E-state index contributed by atoms with van der Waals surface area (Å²) >= 11 is 3.38. The summed E-state index contributed by atoms with van der Waals surface area (Å²) in [4.78, 5) is 12.2. The van der Waals surface area contributed by atoms with Crippen LogP contribution >= 0.6 is 15.9 Å². The molecule has 4 heteroatoms. The third kappa shape index (κ3) is 3.25. The molecule has 1 unspecified atom stereocenters. The van der Waals surface area contributed by atoms with Crippen LogP contribution in [-0.2, 0) is 4.79 Å². The molecular formula is C16H13BrN2O. The Bertz CT molecular complexity index is 662. The third-order valence-corrected chi connectivity index (χ3v) is 3.46. The zero-order valence-electron chi connectivity index (χ0n) is 10.9. The van der Waals surface area contributed by atoms with E-state index in [0.29, 0.717) is 5.56 Å². The molecule has 1 amide bonds. The summed E-state index contributed by atoms with van der Waals surface area (Å²) in [5.41, 5.74) is 2.36. The monoisotopic (exact) mass is 328 g/mol. The van der Waals surface area contributed by atoms with Crippen molar-refractivity contribution in [3.8, 4) is 6.07 Å². The van der Waals surface area contributed by atoms with E-state index in [0.717, 1.165) is 15.7 Å². The summed E-state index contributed by atoms with van der Waals surface area (Å²) in [6.07, 6.45) is 0. The zero-order valence-corrected chi connectivity index (χ0v) is 12.5. The minimum atomic E-state index is -0.806. The Kier molecular flexibility index (Phi) is 4.54. The van der Waals surface area contributed by atoms with Gasteiger partial charge in [0, 0.05) is 10.2 Å². The van der Waals surface area contributed by atoms with Gasteiger partial charge < -0.3 is 5.32 Å². The van der Waals surface area contributed by atoms with E-state index in [-0.39, 0.29) is 5.91 Å². The lowest BCUT2D eigenvalue weighted by Crippen LogP contribution is -2.20.